The van der Waals surface area contributed by atoms with Gasteiger partial charge in [0.1, 0.15) is 0 Å². The fourth-order valence-electron chi connectivity index (χ4n) is 4.31. The predicted octanol–water partition coefficient (Wildman–Crippen LogP) is 1.13. The molecule has 3 rings (SSSR count). The lowest BCUT2D eigenvalue weighted by Crippen LogP contribution is -2.55. The molecule has 2 heterocycles. The van der Waals surface area contributed by atoms with Crippen LogP contribution >= 0.6 is 0 Å². The molecule has 0 spiro atoms. The quantitative estimate of drug-likeness (QED) is 0.154. The molecular weight excluding hydrogens is 468 g/mol. The summed E-state index contributed by atoms with van der Waals surface area (Å²) in [7, 11) is 0. The number of nitrogens with one attached hydrogen (secondary N) is 1. The Bertz CT molecular complexity index is 962. The van der Waals surface area contributed by atoms with E-state index < -0.39 is 17.1 Å². The summed E-state index contributed by atoms with van der Waals surface area (Å²) in [6.45, 7) is 5.17. The number of carbonyl (C=O) groups is 1. The number of esters is 1. The van der Waals surface area contributed by atoms with Gasteiger partial charge < -0.3 is 25.6 Å². The average molecular weight is 505 g/mol. The van der Waals surface area contributed by atoms with Crippen LogP contribution in [0.5, 0.6) is 0 Å². The zero-order chi connectivity index (χ0) is 25.9. The van der Waals surface area contributed by atoms with E-state index in [-0.39, 0.29) is 50.4 Å². The number of nitrogens with zero attached hydrogens (tertiary/aromatic N) is 4. The van der Waals surface area contributed by atoms with E-state index in [0.29, 0.717) is 12.8 Å². The normalized spacial score (nSPS) is 18.2. The molecule has 1 atom stereocenters. The summed E-state index contributed by atoms with van der Waals surface area (Å²) in [5.74, 6) is -0.806. The van der Waals surface area contributed by atoms with E-state index in [4.69, 9.17) is 20.3 Å². The van der Waals surface area contributed by atoms with Crippen molar-refractivity contribution in [1.82, 2.24) is 15.1 Å². The Hall–Kier alpha value is -3.22. The number of hydrogen-bond acceptors (Lipinski definition) is 11. The van der Waals surface area contributed by atoms with Crippen LogP contribution < -0.4 is 11.1 Å². The molecule has 2 aliphatic heterocycles. The zero-order valence-corrected chi connectivity index (χ0v) is 20.7. The van der Waals surface area contributed by atoms with Gasteiger partial charge in [0.05, 0.1) is 24.7 Å². The fourth-order valence-corrected chi connectivity index (χ4v) is 4.31. The molecule has 0 amide bonds. The summed E-state index contributed by atoms with van der Waals surface area (Å²) in [4.78, 5) is 31.8. The molecule has 1 fully saturated rings. The molecule has 1 unspecified atom stereocenters. The molecule has 4 N–H and O–H groups in total. The Kier molecular flexibility index (Phi) is 10.5. The molecule has 2 aliphatic rings. The van der Waals surface area contributed by atoms with Crippen molar-refractivity contribution in [3.63, 3.8) is 0 Å². The molecule has 198 valence electrons. The summed E-state index contributed by atoms with van der Waals surface area (Å²) in [6.07, 6.45) is 2.44. The minimum absolute atomic E-state index is 0.0256. The third-order valence-electron chi connectivity index (χ3n) is 5.98. The molecule has 12 nitrogen and oxygen atoms in total. The highest BCUT2D eigenvalue weighted by Crippen LogP contribution is 2.21. The molecule has 0 bridgehead atoms. The third kappa shape index (κ3) is 7.90. The molecule has 1 aromatic carbocycles. The largest absolute Gasteiger partial charge is 0.465 e. The second kappa shape index (κ2) is 13.8. The Balaban J connectivity index is 1.83. The van der Waals surface area contributed by atoms with Gasteiger partial charge in [-0.25, -0.2) is 0 Å². The number of carbonyl (C=O) groups excluding carboxylic acids is 1. The van der Waals surface area contributed by atoms with Crippen molar-refractivity contribution in [1.29, 1.82) is 0 Å². The number of aliphatic hydroxyl groups excluding tert-OH is 1. The molecule has 1 saturated heterocycles. The van der Waals surface area contributed by atoms with Crippen LogP contribution in [0.1, 0.15) is 43.7 Å². The van der Waals surface area contributed by atoms with Crippen molar-refractivity contribution in [2.45, 2.75) is 51.9 Å². The lowest BCUT2D eigenvalue weighted by molar-refractivity contribution is -0.435. The Morgan fingerprint density at radius 3 is 2.78 bits per heavy atom. The van der Waals surface area contributed by atoms with E-state index in [9.17, 15) is 14.9 Å². The van der Waals surface area contributed by atoms with Crippen LogP contribution in [-0.2, 0) is 27.4 Å². The molecule has 36 heavy (non-hydrogen) atoms. The number of rotatable bonds is 13. The van der Waals surface area contributed by atoms with Crippen molar-refractivity contribution in [3.05, 3.63) is 57.0 Å². The molecular formula is C24H36N6O6. The van der Waals surface area contributed by atoms with Crippen LogP contribution in [0.2, 0.25) is 0 Å². The van der Waals surface area contributed by atoms with Crippen molar-refractivity contribution in [3.8, 4) is 0 Å². The van der Waals surface area contributed by atoms with Crippen molar-refractivity contribution in [2.75, 3.05) is 39.5 Å². The molecule has 0 aromatic heterocycles. The van der Waals surface area contributed by atoms with Gasteiger partial charge >= 0.3 is 11.7 Å². The predicted molar refractivity (Wildman–Crippen MR) is 133 cm³/mol. The number of nitrogens with two attached hydrogens (primary N) is 1. The Morgan fingerprint density at radius 1 is 1.33 bits per heavy atom. The first kappa shape index (κ1) is 27.4. The summed E-state index contributed by atoms with van der Waals surface area (Å²) in [5, 5.41) is 23.8. The number of benzene rings is 1. The van der Waals surface area contributed by atoms with E-state index in [1.165, 1.54) is 12.8 Å². The first-order valence-corrected chi connectivity index (χ1v) is 12.3. The van der Waals surface area contributed by atoms with Gasteiger partial charge in [-0.1, -0.05) is 24.3 Å². The third-order valence-corrected chi connectivity index (χ3v) is 5.98. The summed E-state index contributed by atoms with van der Waals surface area (Å²) in [5.41, 5.74) is 7.64. The van der Waals surface area contributed by atoms with Crippen molar-refractivity contribution in [2.24, 2.45) is 10.7 Å². The topological polar surface area (TPSA) is 156 Å². The first-order valence-electron chi connectivity index (χ1n) is 12.3. The van der Waals surface area contributed by atoms with Gasteiger partial charge in [-0.2, -0.15) is 4.99 Å². The van der Waals surface area contributed by atoms with Gasteiger partial charge in [-0.15, -0.1) is 0 Å². The number of likely N-dealkylation sites (tertiary alicyclic amines) is 1. The van der Waals surface area contributed by atoms with Crippen LogP contribution in [-0.4, -0.2) is 77.4 Å². The summed E-state index contributed by atoms with van der Waals surface area (Å²) < 4.78 is 10.7. The second-order valence-corrected chi connectivity index (χ2v) is 8.78. The van der Waals surface area contributed by atoms with Gasteiger partial charge in [0, 0.05) is 19.7 Å². The van der Waals surface area contributed by atoms with Crippen LogP contribution in [0.15, 0.2) is 40.8 Å². The summed E-state index contributed by atoms with van der Waals surface area (Å²) >= 11 is 0. The molecule has 12 heteroatoms. The van der Waals surface area contributed by atoms with E-state index in [1.807, 2.05) is 12.1 Å². The van der Waals surface area contributed by atoms with Crippen LogP contribution in [0.25, 0.3) is 0 Å². The van der Waals surface area contributed by atoms with Crippen LogP contribution in [0, 0.1) is 10.1 Å². The molecule has 0 radical (unpaired) electrons. The number of amidine groups is 1. The maximum absolute atomic E-state index is 12.5. The zero-order valence-electron chi connectivity index (χ0n) is 20.7. The van der Waals surface area contributed by atoms with Gasteiger partial charge in [0.15, 0.2) is 6.17 Å². The molecule has 0 aliphatic carbocycles. The van der Waals surface area contributed by atoms with Gasteiger partial charge in [-0.3, -0.25) is 24.7 Å². The van der Waals surface area contributed by atoms with Gasteiger partial charge in [-0.05, 0) is 56.8 Å². The smallest absolute Gasteiger partial charge is 0.325 e. The lowest BCUT2D eigenvalue weighted by Gasteiger charge is -2.32. The van der Waals surface area contributed by atoms with Crippen molar-refractivity contribution < 1.29 is 24.3 Å². The second-order valence-electron chi connectivity index (χ2n) is 8.78. The Morgan fingerprint density at radius 2 is 2.08 bits per heavy atom. The number of unbranched alkanes of at least 4 members (excludes halogenated alkanes) is 1. The number of nitro groups is 1. The number of hydrogen-bond donors (Lipinski definition) is 3. The Labute approximate surface area is 210 Å². The molecule has 1 aromatic rings. The first-order chi connectivity index (χ1) is 17.4. The minimum atomic E-state index is -1.07. The maximum atomic E-state index is 12.5. The number of aliphatic imine (C=N–C) groups is 1. The van der Waals surface area contributed by atoms with Gasteiger partial charge in [0.2, 0.25) is 5.82 Å². The lowest BCUT2D eigenvalue weighted by atomic mass is 10.1. The number of aliphatic hydroxyl groups is 1. The van der Waals surface area contributed by atoms with Gasteiger partial charge in [0.25, 0.3) is 6.02 Å². The molecule has 0 saturated carbocycles. The monoisotopic (exact) mass is 504 g/mol. The summed E-state index contributed by atoms with van der Waals surface area (Å²) in [6, 6.07) is 8.01. The average Bonchev–Trinajstić information content (AvgIpc) is 3.34. The standard InChI is InChI=1S/C24H36N6O6/c1-2-35-20(32)17-29(16-19-9-7-8-18(14-19)15-28-10-3-4-11-28)23-21(30(33)34)22(25)26-24(27-23)36-13-6-5-12-31/h7-9,14,23,31H,2-6,10-13,15-17,25H2,1H3,(H,26,27). The van der Waals surface area contributed by atoms with Crippen LogP contribution in [0.3, 0.4) is 0 Å². The SMILES string of the molecule is CCOC(=O)CN(Cc1cccc(CN2CCCC2)c1)C1NC(OCCCCO)=NC(N)=C1[N+](=O)[O-]. The van der Waals surface area contributed by atoms with Crippen LogP contribution in [0.4, 0.5) is 0 Å². The minimum Gasteiger partial charge on any atom is -0.465 e. The van der Waals surface area contributed by atoms with E-state index in [2.05, 4.69) is 27.3 Å². The fraction of sp³-hybridized carbons (Fsp3) is 0.583. The maximum Gasteiger partial charge on any atom is 0.325 e. The van der Waals surface area contributed by atoms with E-state index in [1.54, 1.807) is 11.8 Å². The highest BCUT2D eigenvalue weighted by molar-refractivity contribution is 5.77. The van der Waals surface area contributed by atoms with E-state index in [0.717, 1.165) is 30.8 Å². The highest BCUT2D eigenvalue weighted by Gasteiger charge is 2.39. The highest BCUT2D eigenvalue weighted by atomic mass is 16.6. The van der Waals surface area contributed by atoms with E-state index >= 15 is 0 Å². The number of ether oxygens (including phenoxy) is 2. The van der Waals surface area contributed by atoms with Crippen molar-refractivity contribution >= 4 is 12.0 Å².